The summed E-state index contributed by atoms with van der Waals surface area (Å²) in [6, 6.07) is 6.98. The predicted molar refractivity (Wildman–Crippen MR) is 76.4 cm³/mol. The zero-order chi connectivity index (χ0) is 13.7. The molecule has 1 aromatic carbocycles. The van der Waals surface area contributed by atoms with Gasteiger partial charge in [0.05, 0.1) is 10.8 Å². The summed E-state index contributed by atoms with van der Waals surface area (Å²) < 4.78 is 0. The normalized spacial score (nSPS) is 18.8. The van der Waals surface area contributed by atoms with Gasteiger partial charge in [-0.2, -0.15) is 0 Å². The highest BCUT2D eigenvalue weighted by atomic mass is 35.5. The summed E-state index contributed by atoms with van der Waals surface area (Å²) in [5, 5.41) is 6.12. The number of rotatable bonds is 4. The van der Waals surface area contributed by atoms with Gasteiger partial charge < -0.3 is 10.6 Å². The van der Waals surface area contributed by atoms with Gasteiger partial charge in [-0.15, -0.1) is 11.8 Å². The molecule has 2 N–H and O–H groups in total. The van der Waals surface area contributed by atoms with Crippen LogP contribution in [0.5, 0.6) is 0 Å². The highest BCUT2D eigenvalue weighted by molar-refractivity contribution is 8.00. The second-order valence-electron chi connectivity index (χ2n) is 4.27. The lowest BCUT2D eigenvalue weighted by molar-refractivity contribution is -0.129. The van der Waals surface area contributed by atoms with Gasteiger partial charge in [-0.05, 0) is 25.0 Å². The molecule has 1 saturated heterocycles. The average Bonchev–Trinajstić information content (AvgIpc) is 2.40. The number of carbonyl (C=O) groups is 2. The Kier molecular flexibility index (Phi) is 5.10. The van der Waals surface area contributed by atoms with Gasteiger partial charge in [0.25, 0.3) is 0 Å². The topological polar surface area (TPSA) is 58.2 Å². The fourth-order valence-corrected chi connectivity index (χ4v) is 2.90. The maximum atomic E-state index is 11.8. The average molecular weight is 299 g/mol. The van der Waals surface area contributed by atoms with Crippen molar-refractivity contribution in [1.82, 2.24) is 10.6 Å². The van der Waals surface area contributed by atoms with Gasteiger partial charge in [0, 0.05) is 11.4 Å². The fraction of sp³-hybridized carbons (Fsp3) is 0.385. The second kappa shape index (κ2) is 6.82. The van der Waals surface area contributed by atoms with Crippen LogP contribution in [-0.2, 0) is 9.59 Å². The first-order valence-corrected chi connectivity index (χ1v) is 7.47. The van der Waals surface area contributed by atoms with Crippen molar-refractivity contribution in [1.29, 1.82) is 0 Å². The number of hydrogen-bond donors (Lipinski definition) is 2. The Morgan fingerprint density at radius 2 is 2.26 bits per heavy atom. The van der Waals surface area contributed by atoms with E-state index in [0.717, 1.165) is 11.3 Å². The molecule has 4 nitrogen and oxygen atoms in total. The SMILES string of the molecule is O=C(CSc1ccccc1Cl)NC1CCCNC1=O. The summed E-state index contributed by atoms with van der Waals surface area (Å²) in [6.07, 6.45) is 1.60. The number of piperidine rings is 1. The van der Waals surface area contributed by atoms with Gasteiger partial charge in [-0.1, -0.05) is 23.7 Å². The highest BCUT2D eigenvalue weighted by Gasteiger charge is 2.23. The Bertz CT molecular complexity index is 481. The van der Waals surface area contributed by atoms with E-state index in [2.05, 4.69) is 10.6 Å². The first kappa shape index (κ1) is 14.2. The van der Waals surface area contributed by atoms with Crippen LogP contribution in [0, 0.1) is 0 Å². The van der Waals surface area contributed by atoms with E-state index in [-0.39, 0.29) is 17.6 Å². The monoisotopic (exact) mass is 298 g/mol. The standard InChI is InChI=1S/C13H15ClN2O2S/c14-9-4-1-2-6-11(9)19-8-12(17)16-10-5-3-7-15-13(10)18/h1-2,4,6,10H,3,5,7-8H2,(H,15,18)(H,16,17). The van der Waals surface area contributed by atoms with Crippen molar-refractivity contribution in [2.24, 2.45) is 0 Å². The smallest absolute Gasteiger partial charge is 0.242 e. The van der Waals surface area contributed by atoms with Crippen molar-refractivity contribution in [2.45, 2.75) is 23.8 Å². The molecule has 2 rings (SSSR count). The third kappa shape index (κ3) is 4.14. The van der Waals surface area contributed by atoms with E-state index in [1.54, 1.807) is 6.07 Å². The van der Waals surface area contributed by atoms with Crippen molar-refractivity contribution in [2.75, 3.05) is 12.3 Å². The summed E-state index contributed by atoms with van der Waals surface area (Å²) >= 11 is 7.38. The van der Waals surface area contributed by atoms with Gasteiger partial charge in [-0.3, -0.25) is 9.59 Å². The predicted octanol–water partition coefficient (Wildman–Crippen LogP) is 1.83. The minimum Gasteiger partial charge on any atom is -0.354 e. The van der Waals surface area contributed by atoms with Crippen LogP contribution < -0.4 is 10.6 Å². The summed E-state index contributed by atoms with van der Waals surface area (Å²) in [5.74, 6) is 0.0161. The van der Waals surface area contributed by atoms with Crippen molar-refractivity contribution >= 4 is 35.2 Å². The minimum absolute atomic E-state index is 0.0951. The van der Waals surface area contributed by atoms with Crippen LogP contribution in [-0.4, -0.2) is 30.2 Å². The first-order chi connectivity index (χ1) is 9.16. The molecular weight excluding hydrogens is 284 g/mol. The molecule has 1 aliphatic rings. The van der Waals surface area contributed by atoms with Crippen LogP contribution in [0.25, 0.3) is 0 Å². The van der Waals surface area contributed by atoms with Crippen molar-refractivity contribution in [3.63, 3.8) is 0 Å². The van der Waals surface area contributed by atoms with E-state index >= 15 is 0 Å². The molecule has 2 amide bonds. The molecule has 0 saturated carbocycles. The van der Waals surface area contributed by atoms with Gasteiger partial charge >= 0.3 is 0 Å². The van der Waals surface area contributed by atoms with Crippen LogP contribution >= 0.6 is 23.4 Å². The molecule has 19 heavy (non-hydrogen) atoms. The Balaban J connectivity index is 1.81. The number of halogens is 1. The highest BCUT2D eigenvalue weighted by Crippen LogP contribution is 2.26. The van der Waals surface area contributed by atoms with E-state index in [9.17, 15) is 9.59 Å². The van der Waals surface area contributed by atoms with E-state index in [4.69, 9.17) is 11.6 Å². The van der Waals surface area contributed by atoms with Crippen molar-refractivity contribution in [3.8, 4) is 0 Å². The van der Waals surface area contributed by atoms with Crippen LogP contribution in [0.2, 0.25) is 5.02 Å². The molecule has 1 aliphatic heterocycles. The minimum atomic E-state index is -0.395. The zero-order valence-corrected chi connectivity index (χ0v) is 11.9. The number of carbonyl (C=O) groups excluding carboxylic acids is 2. The van der Waals surface area contributed by atoms with Gasteiger partial charge in [0.2, 0.25) is 11.8 Å². The second-order valence-corrected chi connectivity index (χ2v) is 5.70. The van der Waals surface area contributed by atoms with E-state index in [1.807, 2.05) is 18.2 Å². The molecule has 1 fully saturated rings. The summed E-state index contributed by atoms with van der Waals surface area (Å²) in [6.45, 7) is 0.694. The molecule has 1 unspecified atom stereocenters. The van der Waals surface area contributed by atoms with Crippen molar-refractivity contribution in [3.05, 3.63) is 29.3 Å². The molecule has 102 valence electrons. The lowest BCUT2D eigenvalue weighted by Gasteiger charge is -2.22. The third-order valence-electron chi connectivity index (χ3n) is 2.82. The van der Waals surface area contributed by atoms with E-state index in [1.165, 1.54) is 11.8 Å². The summed E-state index contributed by atoms with van der Waals surface area (Å²) in [5.41, 5.74) is 0. The van der Waals surface area contributed by atoms with E-state index < -0.39 is 6.04 Å². The molecule has 6 heteroatoms. The molecule has 0 aromatic heterocycles. The lowest BCUT2D eigenvalue weighted by atomic mass is 10.1. The molecule has 0 bridgehead atoms. The van der Waals surface area contributed by atoms with Crippen LogP contribution in [0.4, 0.5) is 0 Å². The maximum Gasteiger partial charge on any atom is 0.242 e. The Morgan fingerprint density at radius 1 is 1.47 bits per heavy atom. The molecule has 1 heterocycles. The molecule has 1 atom stereocenters. The number of hydrogen-bond acceptors (Lipinski definition) is 3. The van der Waals surface area contributed by atoms with Gasteiger partial charge in [-0.25, -0.2) is 0 Å². The Labute approximate surface area is 121 Å². The molecule has 0 spiro atoms. The van der Waals surface area contributed by atoms with Gasteiger partial charge in [0.15, 0.2) is 0 Å². The molecule has 0 radical (unpaired) electrons. The summed E-state index contributed by atoms with van der Waals surface area (Å²) in [7, 11) is 0. The third-order valence-corrected chi connectivity index (χ3v) is 4.33. The van der Waals surface area contributed by atoms with Gasteiger partial charge in [0.1, 0.15) is 6.04 Å². The Morgan fingerprint density at radius 3 is 3.00 bits per heavy atom. The van der Waals surface area contributed by atoms with Crippen LogP contribution in [0.15, 0.2) is 29.2 Å². The van der Waals surface area contributed by atoms with E-state index in [0.29, 0.717) is 18.0 Å². The number of amides is 2. The number of benzene rings is 1. The fourth-order valence-electron chi connectivity index (χ4n) is 1.85. The lowest BCUT2D eigenvalue weighted by Crippen LogP contribution is -2.50. The van der Waals surface area contributed by atoms with Crippen LogP contribution in [0.1, 0.15) is 12.8 Å². The zero-order valence-electron chi connectivity index (χ0n) is 10.3. The molecule has 1 aromatic rings. The number of thioether (sulfide) groups is 1. The number of nitrogens with one attached hydrogen (secondary N) is 2. The summed E-state index contributed by atoms with van der Waals surface area (Å²) in [4.78, 5) is 24.2. The van der Waals surface area contributed by atoms with Crippen molar-refractivity contribution < 1.29 is 9.59 Å². The first-order valence-electron chi connectivity index (χ1n) is 6.11. The molecule has 0 aliphatic carbocycles. The largest absolute Gasteiger partial charge is 0.354 e. The molecular formula is C13H15ClN2O2S. The Hall–Kier alpha value is -1.20. The quantitative estimate of drug-likeness (QED) is 0.834. The van der Waals surface area contributed by atoms with Crippen LogP contribution in [0.3, 0.4) is 0 Å². The maximum absolute atomic E-state index is 11.8.